The summed E-state index contributed by atoms with van der Waals surface area (Å²) >= 11 is 0. The van der Waals surface area contributed by atoms with Gasteiger partial charge in [-0.1, -0.05) is 0 Å². The van der Waals surface area contributed by atoms with E-state index in [-0.39, 0.29) is 11.6 Å². The molecular formula is C7H9F2NO2. The number of hydrogen-bond donors (Lipinski definition) is 0. The second kappa shape index (κ2) is 3.62. The van der Waals surface area contributed by atoms with Crippen molar-refractivity contribution in [1.82, 2.24) is 4.98 Å². The van der Waals surface area contributed by atoms with Crippen LogP contribution in [0.25, 0.3) is 0 Å². The normalized spacial score (nSPS) is 13.8. The maximum Gasteiger partial charge on any atom is 0.283 e. The number of oxazole rings is 1. The van der Waals surface area contributed by atoms with Crippen LogP contribution >= 0.6 is 0 Å². The summed E-state index contributed by atoms with van der Waals surface area (Å²) in [5.41, 5.74) is -0.353. The van der Waals surface area contributed by atoms with E-state index in [2.05, 4.69) is 4.98 Å². The van der Waals surface area contributed by atoms with Crippen molar-refractivity contribution in [2.75, 3.05) is 7.11 Å². The van der Waals surface area contributed by atoms with E-state index < -0.39 is 12.5 Å². The molecule has 12 heavy (non-hydrogen) atoms. The first kappa shape index (κ1) is 9.12. The molecule has 0 amide bonds. The Morgan fingerprint density at radius 1 is 1.58 bits per heavy atom. The number of ether oxygens (including phenoxy) is 1. The van der Waals surface area contributed by atoms with Crippen molar-refractivity contribution in [2.24, 2.45) is 0 Å². The highest BCUT2D eigenvalue weighted by Gasteiger charge is 2.16. The van der Waals surface area contributed by atoms with Crippen molar-refractivity contribution in [3.05, 3.63) is 17.8 Å². The van der Waals surface area contributed by atoms with E-state index in [4.69, 9.17) is 9.15 Å². The Kier molecular flexibility index (Phi) is 2.75. The van der Waals surface area contributed by atoms with Crippen LogP contribution in [0.15, 0.2) is 10.7 Å². The molecule has 1 heterocycles. The molecule has 68 valence electrons. The molecule has 0 saturated heterocycles. The van der Waals surface area contributed by atoms with Crippen molar-refractivity contribution < 1.29 is 17.9 Å². The molecule has 1 aromatic heterocycles. The van der Waals surface area contributed by atoms with Crippen molar-refractivity contribution >= 4 is 0 Å². The van der Waals surface area contributed by atoms with E-state index in [9.17, 15) is 8.78 Å². The fourth-order valence-corrected chi connectivity index (χ4v) is 0.688. The maximum atomic E-state index is 12.0. The summed E-state index contributed by atoms with van der Waals surface area (Å²) in [5, 5.41) is 0. The number of methoxy groups -OCH3 is 1. The lowest BCUT2D eigenvalue weighted by molar-refractivity contribution is 0.0945. The molecule has 0 fully saturated rings. The molecule has 3 nitrogen and oxygen atoms in total. The SMILES string of the molecule is COC(C)c1nc(C(F)F)co1. The first-order valence-electron chi connectivity index (χ1n) is 3.41. The predicted octanol–water partition coefficient (Wildman–Crippen LogP) is 2.32. The molecule has 0 radical (unpaired) electrons. The third-order valence-corrected chi connectivity index (χ3v) is 1.46. The molecule has 0 aliphatic rings. The third kappa shape index (κ3) is 1.79. The van der Waals surface area contributed by atoms with Gasteiger partial charge in [-0.2, -0.15) is 0 Å². The van der Waals surface area contributed by atoms with E-state index in [0.29, 0.717) is 0 Å². The first-order chi connectivity index (χ1) is 5.65. The Labute approximate surface area is 68.3 Å². The number of rotatable bonds is 3. The van der Waals surface area contributed by atoms with Gasteiger partial charge in [0.15, 0.2) is 0 Å². The van der Waals surface area contributed by atoms with Crippen LogP contribution in [0, 0.1) is 0 Å². The molecule has 1 atom stereocenters. The van der Waals surface area contributed by atoms with Gasteiger partial charge in [0.1, 0.15) is 18.1 Å². The van der Waals surface area contributed by atoms with E-state index in [0.717, 1.165) is 6.26 Å². The molecule has 0 aliphatic carbocycles. The van der Waals surface area contributed by atoms with Crippen molar-refractivity contribution in [2.45, 2.75) is 19.5 Å². The summed E-state index contributed by atoms with van der Waals surface area (Å²) < 4.78 is 33.6. The summed E-state index contributed by atoms with van der Waals surface area (Å²) in [5.74, 6) is 0.174. The fourth-order valence-electron chi connectivity index (χ4n) is 0.688. The Morgan fingerprint density at radius 2 is 2.25 bits per heavy atom. The van der Waals surface area contributed by atoms with Gasteiger partial charge in [-0.25, -0.2) is 13.8 Å². The quantitative estimate of drug-likeness (QED) is 0.710. The molecule has 0 spiro atoms. The van der Waals surface area contributed by atoms with Gasteiger partial charge in [-0.15, -0.1) is 0 Å². The van der Waals surface area contributed by atoms with Gasteiger partial charge in [-0.05, 0) is 6.92 Å². The molecule has 0 bridgehead atoms. The molecule has 0 aromatic carbocycles. The molecular weight excluding hydrogens is 168 g/mol. The average molecular weight is 177 g/mol. The zero-order valence-corrected chi connectivity index (χ0v) is 6.75. The van der Waals surface area contributed by atoms with E-state index in [1.807, 2.05) is 0 Å². The minimum absolute atomic E-state index is 0.174. The Bertz CT molecular complexity index is 249. The van der Waals surface area contributed by atoms with Crippen LogP contribution in [0.5, 0.6) is 0 Å². The summed E-state index contributed by atoms with van der Waals surface area (Å²) in [6.45, 7) is 1.67. The van der Waals surface area contributed by atoms with Gasteiger partial charge in [0.05, 0.1) is 0 Å². The van der Waals surface area contributed by atoms with Crippen LogP contribution in [0.1, 0.15) is 31.0 Å². The smallest absolute Gasteiger partial charge is 0.283 e. The lowest BCUT2D eigenvalue weighted by Crippen LogP contribution is -1.96. The number of hydrogen-bond acceptors (Lipinski definition) is 3. The zero-order valence-electron chi connectivity index (χ0n) is 6.75. The second-order valence-corrected chi connectivity index (χ2v) is 2.29. The van der Waals surface area contributed by atoms with Crippen LogP contribution in [-0.4, -0.2) is 12.1 Å². The van der Waals surface area contributed by atoms with Crippen LogP contribution in [0.3, 0.4) is 0 Å². The van der Waals surface area contributed by atoms with Crippen molar-refractivity contribution in [1.29, 1.82) is 0 Å². The third-order valence-electron chi connectivity index (χ3n) is 1.46. The monoisotopic (exact) mass is 177 g/mol. The predicted molar refractivity (Wildman–Crippen MR) is 36.9 cm³/mol. The highest BCUT2D eigenvalue weighted by atomic mass is 19.3. The molecule has 0 aliphatic heterocycles. The molecule has 1 rings (SSSR count). The van der Waals surface area contributed by atoms with Gasteiger partial charge >= 0.3 is 0 Å². The van der Waals surface area contributed by atoms with Crippen LogP contribution in [0.4, 0.5) is 8.78 Å². The summed E-state index contributed by atoms with van der Waals surface area (Å²) in [7, 11) is 1.46. The van der Waals surface area contributed by atoms with Gasteiger partial charge < -0.3 is 9.15 Å². The highest BCUT2D eigenvalue weighted by molar-refractivity contribution is 4.99. The highest BCUT2D eigenvalue weighted by Crippen LogP contribution is 2.21. The standard InChI is InChI=1S/C7H9F2NO2/c1-4(11-2)7-10-5(3-12-7)6(8)9/h3-4,6H,1-2H3. The molecule has 1 aromatic rings. The van der Waals surface area contributed by atoms with Gasteiger partial charge in [-0.3, -0.25) is 0 Å². The van der Waals surface area contributed by atoms with E-state index >= 15 is 0 Å². The van der Waals surface area contributed by atoms with E-state index in [1.54, 1.807) is 6.92 Å². The van der Waals surface area contributed by atoms with Crippen LogP contribution < -0.4 is 0 Å². The number of alkyl halides is 2. The zero-order chi connectivity index (χ0) is 9.14. The lowest BCUT2D eigenvalue weighted by atomic mass is 10.4. The molecule has 0 N–H and O–H groups in total. The number of halogens is 2. The number of nitrogens with zero attached hydrogens (tertiary/aromatic N) is 1. The molecule has 5 heteroatoms. The maximum absolute atomic E-state index is 12.0. The average Bonchev–Trinajstić information content (AvgIpc) is 2.51. The minimum atomic E-state index is -2.59. The fraction of sp³-hybridized carbons (Fsp3) is 0.571. The molecule has 0 saturated carbocycles. The van der Waals surface area contributed by atoms with Crippen molar-refractivity contribution in [3.63, 3.8) is 0 Å². The number of aromatic nitrogens is 1. The summed E-state index contributed by atoms with van der Waals surface area (Å²) in [6.07, 6.45) is -2.04. The van der Waals surface area contributed by atoms with Gasteiger partial charge in [0.25, 0.3) is 6.43 Å². The summed E-state index contributed by atoms with van der Waals surface area (Å²) in [4.78, 5) is 3.54. The van der Waals surface area contributed by atoms with Crippen LogP contribution in [0.2, 0.25) is 0 Å². The lowest BCUT2D eigenvalue weighted by Gasteiger charge is -2.01. The second-order valence-electron chi connectivity index (χ2n) is 2.29. The van der Waals surface area contributed by atoms with Crippen LogP contribution in [-0.2, 0) is 4.74 Å². The Hall–Kier alpha value is -0.970. The van der Waals surface area contributed by atoms with Gasteiger partial charge in [0, 0.05) is 7.11 Å². The molecule has 1 unspecified atom stereocenters. The Morgan fingerprint density at radius 3 is 2.67 bits per heavy atom. The Balaban J connectivity index is 2.77. The van der Waals surface area contributed by atoms with Crippen molar-refractivity contribution in [3.8, 4) is 0 Å². The largest absolute Gasteiger partial charge is 0.446 e. The first-order valence-corrected chi connectivity index (χ1v) is 3.41. The van der Waals surface area contributed by atoms with Gasteiger partial charge in [0.2, 0.25) is 5.89 Å². The minimum Gasteiger partial charge on any atom is -0.446 e. The topological polar surface area (TPSA) is 35.3 Å². The van der Waals surface area contributed by atoms with E-state index in [1.165, 1.54) is 7.11 Å². The summed E-state index contributed by atoms with van der Waals surface area (Å²) in [6, 6.07) is 0.